The molecule has 0 aromatic heterocycles. The van der Waals surface area contributed by atoms with Crippen LogP contribution in [-0.2, 0) is 19.4 Å². The molecule has 120 valence electrons. The number of urea groups is 1. The predicted octanol–water partition coefficient (Wildman–Crippen LogP) is -1.46. The molecule has 1 aliphatic heterocycles. The number of carbonyl (C=O) groups excluding carboxylic acids is 2. The van der Waals surface area contributed by atoms with Gasteiger partial charge in [0.25, 0.3) is 0 Å². The van der Waals surface area contributed by atoms with Crippen molar-refractivity contribution in [1.29, 1.82) is 0 Å². The Morgan fingerprint density at radius 2 is 2.00 bits per heavy atom. The van der Waals surface area contributed by atoms with Crippen molar-refractivity contribution in [3.8, 4) is 0 Å². The van der Waals surface area contributed by atoms with E-state index in [9.17, 15) is 22.8 Å². The first-order chi connectivity index (χ1) is 9.71. The van der Waals surface area contributed by atoms with E-state index >= 15 is 0 Å². The van der Waals surface area contributed by atoms with E-state index < -0.39 is 40.2 Å². The predicted molar refractivity (Wildman–Crippen MR) is 73.2 cm³/mol. The van der Waals surface area contributed by atoms with Crippen LogP contribution in [0, 0.1) is 0 Å². The van der Waals surface area contributed by atoms with Crippen LogP contribution in [0.15, 0.2) is 0 Å². The number of carbonyl (C=O) groups is 3. The Labute approximate surface area is 122 Å². The number of rotatable bonds is 6. The molecule has 3 amide bonds. The molecule has 10 heteroatoms. The lowest BCUT2D eigenvalue weighted by Gasteiger charge is -2.34. The van der Waals surface area contributed by atoms with Crippen molar-refractivity contribution in [2.75, 3.05) is 24.6 Å². The van der Waals surface area contributed by atoms with Crippen LogP contribution >= 0.6 is 0 Å². The third-order valence-electron chi connectivity index (χ3n) is 3.08. The average Bonchev–Trinajstić information content (AvgIpc) is 2.32. The molecule has 1 rings (SSSR count). The second-order valence-electron chi connectivity index (χ2n) is 4.86. The molecule has 1 atom stereocenters. The summed E-state index contributed by atoms with van der Waals surface area (Å²) in [6, 6.07) is -1.40. The summed E-state index contributed by atoms with van der Waals surface area (Å²) < 4.78 is 23.1. The Balaban J connectivity index is 2.58. The second kappa shape index (κ2) is 7.25. The van der Waals surface area contributed by atoms with E-state index in [0.29, 0.717) is 6.42 Å². The number of sulfone groups is 1. The Morgan fingerprint density at radius 3 is 2.57 bits per heavy atom. The van der Waals surface area contributed by atoms with Crippen LogP contribution in [-0.4, -0.2) is 67.0 Å². The molecular formula is C11H19N3O6S. The summed E-state index contributed by atoms with van der Waals surface area (Å²) in [7, 11) is -3.33. The van der Waals surface area contributed by atoms with Crippen LogP contribution in [0.1, 0.15) is 19.3 Å². The minimum atomic E-state index is -3.33. The molecule has 0 radical (unpaired) electrons. The van der Waals surface area contributed by atoms with Crippen molar-refractivity contribution in [2.45, 2.75) is 25.3 Å². The molecule has 4 N–H and O–H groups in total. The highest BCUT2D eigenvalue weighted by atomic mass is 32.2. The fraction of sp³-hybridized carbons (Fsp3) is 0.727. The largest absolute Gasteiger partial charge is 0.481 e. The van der Waals surface area contributed by atoms with E-state index in [1.165, 1.54) is 4.90 Å². The minimum absolute atomic E-state index is 0.0397. The Morgan fingerprint density at radius 1 is 1.33 bits per heavy atom. The number of hydrogen-bond donors (Lipinski definition) is 3. The molecule has 1 fully saturated rings. The van der Waals surface area contributed by atoms with Crippen LogP contribution in [0.3, 0.4) is 0 Å². The average molecular weight is 321 g/mol. The lowest BCUT2D eigenvalue weighted by atomic mass is 10.2. The van der Waals surface area contributed by atoms with Gasteiger partial charge in [-0.2, -0.15) is 0 Å². The SMILES string of the molecule is NC(=O)CCCNC(=O)N1CCS(=O)(=O)CC1CC(=O)O. The molecule has 1 aliphatic rings. The molecule has 1 saturated heterocycles. The van der Waals surface area contributed by atoms with Gasteiger partial charge >= 0.3 is 12.0 Å². The fourth-order valence-electron chi connectivity index (χ4n) is 2.08. The quantitative estimate of drug-likeness (QED) is 0.509. The van der Waals surface area contributed by atoms with Gasteiger partial charge in [-0.05, 0) is 6.42 Å². The topological polar surface area (TPSA) is 147 Å². The summed E-state index contributed by atoms with van der Waals surface area (Å²) in [4.78, 5) is 34.5. The number of carboxylic acid groups (broad SMARTS) is 1. The van der Waals surface area contributed by atoms with E-state index in [0.717, 1.165) is 0 Å². The zero-order valence-electron chi connectivity index (χ0n) is 11.4. The molecule has 0 aromatic carbocycles. The van der Waals surface area contributed by atoms with E-state index in [1.54, 1.807) is 0 Å². The maximum absolute atomic E-state index is 12.0. The smallest absolute Gasteiger partial charge is 0.317 e. The third kappa shape index (κ3) is 5.98. The van der Waals surface area contributed by atoms with Crippen molar-refractivity contribution in [2.24, 2.45) is 5.73 Å². The van der Waals surface area contributed by atoms with Gasteiger partial charge in [0.2, 0.25) is 5.91 Å². The molecule has 9 nitrogen and oxygen atoms in total. The first-order valence-corrected chi connectivity index (χ1v) is 8.28. The van der Waals surface area contributed by atoms with Gasteiger partial charge in [0.1, 0.15) is 0 Å². The normalized spacial score (nSPS) is 20.8. The number of amides is 3. The van der Waals surface area contributed by atoms with Gasteiger partial charge in [0, 0.05) is 19.5 Å². The first kappa shape index (κ1) is 17.2. The third-order valence-corrected chi connectivity index (χ3v) is 4.77. The first-order valence-electron chi connectivity index (χ1n) is 6.46. The lowest BCUT2D eigenvalue weighted by molar-refractivity contribution is -0.138. The highest BCUT2D eigenvalue weighted by Crippen LogP contribution is 2.15. The van der Waals surface area contributed by atoms with E-state index in [2.05, 4.69) is 5.32 Å². The van der Waals surface area contributed by atoms with E-state index in [1.807, 2.05) is 0 Å². The van der Waals surface area contributed by atoms with Gasteiger partial charge in [0.15, 0.2) is 9.84 Å². The van der Waals surface area contributed by atoms with Crippen molar-refractivity contribution in [1.82, 2.24) is 10.2 Å². The minimum Gasteiger partial charge on any atom is -0.481 e. The zero-order valence-corrected chi connectivity index (χ0v) is 12.3. The number of primary amides is 1. The summed E-state index contributed by atoms with van der Waals surface area (Å²) in [5.41, 5.74) is 4.96. The van der Waals surface area contributed by atoms with Crippen molar-refractivity contribution < 1.29 is 27.9 Å². The van der Waals surface area contributed by atoms with Gasteiger partial charge in [-0.3, -0.25) is 9.59 Å². The van der Waals surface area contributed by atoms with Crippen molar-refractivity contribution in [3.63, 3.8) is 0 Å². The summed E-state index contributed by atoms with van der Waals surface area (Å²) in [5, 5.41) is 11.3. The van der Waals surface area contributed by atoms with Gasteiger partial charge in [-0.1, -0.05) is 0 Å². The molecule has 0 spiro atoms. The summed E-state index contributed by atoms with van der Waals surface area (Å²) >= 11 is 0. The summed E-state index contributed by atoms with van der Waals surface area (Å²) in [6.45, 7) is 0.173. The maximum Gasteiger partial charge on any atom is 0.317 e. The highest BCUT2D eigenvalue weighted by molar-refractivity contribution is 7.91. The van der Waals surface area contributed by atoms with E-state index in [-0.39, 0.29) is 31.0 Å². The Bertz CT molecular complexity index is 518. The van der Waals surface area contributed by atoms with Crippen LogP contribution in [0.5, 0.6) is 0 Å². The molecule has 21 heavy (non-hydrogen) atoms. The molecule has 0 aromatic rings. The summed E-state index contributed by atoms with van der Waals surface area (Å²) in [6.07, 6.45) is 0.0813. The summed E-state index contributed by atoms with van der Waals surface area (Å²) in [5.74, 6) is -2.17. The van der Waals surface area contributed by atoms with Crippen LogP contribution < -0.4 is 11.1 Å². The number of nitrogens with one attached hydrogen (secondary N) is 1. The highest BCUT2D eigenvalue weighted by Gasteiger charge is 2.35. The molecule has 0 saturated carbocycles. The molecular weight excluding hydrogens is 302 g/mol. The second-order valence-corrected chi connectivity index (χ2v) is 7.09. The maximum atomic E-state index is 12.0. The van der Waals surface area contributed by atoms with Crippen LogP contribution in [0.25, 0.3) is 0 Å². The fourth-order valence-corrected chi connectivity index (χ4v) is 3.61. The van der Waals surface area contributed by atoms with Gasteiger partial charge in [-0.25, -0.2) is 13.2 Å². The van der Waals surface area contributed by atoms with Crippen molar-refractivity contribution in [3.05, 3.63) is 0 Å². The number of carboxylic acids is 1. The van der Waals surface area contributed by atoms with Crippen LogP contribution in [0.4, 0.5) is 4.79 Å². The van der Waals surface area contributed by atoms with Crippen molar-refractivity contribution >= 4 is 27.7 Å². The van der Waals surface area contributed by atoms with Crippen LogP contribution in [0.2, 0.25) is 0 Å². The molecule has 0 bridgehead atoms. The Hall–Kier alpha value is -1.84. The van der Waals surface area contributed by atoms with Gasteiger partial charge < -0.3 is 21.1 Å². The van der Waals surface area contributed by atoms with E-state index in [4.69, 9.17) is 10.8 Å². The lowest BCUT2D eigenvalue weighted by Crippen LogP contribution is -2.55. The Kier molecular flexibility index (Phi) is 5.94. The molecule has 1 heterocycles. The monoisotopic (exact) mass is 321 g/mol. The molecule has 1 unspecified atom stereocenters. The standard InChI is InChI=1S/C11H19N3O6S/c12-9(15)2-1-3-13-11(18)14-4-5-21(19,20)7-8(14)6-10(16)17/h8H,1-7H2,(H2,12,15)(H,13,18)(H,16,17). The number of nitrogens with two attached hydrogens (primary N) is 1. The van der Waals surface area contributed by atoms with Gasteiger partial charge in [0.05, 0.1) is 24.0 Å². The zero-order chi connectivity index (χ0) is 16.0. The molecule has 0 aliphatic carbocycles. The van der Waals surface area contributed by atoms with Gasteiger partial charge in [-0.15, -0.1) is 0 Å². The number of nitrogens with zero attached hydrogens (tertiary/aromatic N) is 1. The number of hydrogen-bond acceptors (Lipinski definition) is 5. The number of aliphatic carboxylic acids is 1.